The lowest BCUT2D eigenvalue weighted by Gasteiger charge is -2.37. The van der Waals surface area contributed by atoms with Crippen molar-refractivity contribution in [3.63, 3.8) is 0 Å². The van der Waals surface area contributed by atoms with Gasteiger partial charge >= 0.3 is 5.69 Å². The minimum Gasteiger partial charge on any atom is -0.491 e. The third-order valence-electron chi connectivity index (χ3n) is 9.82. The van der Waals surface area contributed by atoms with Gasteiger partial charge in [0, 0.05) is 60.5 Å². The lowest BCUT2D eigenvalue weighted by molar-refractivity contribution is -0.190. The van der Waals surface area contributed by atoms with Crippen LogP contribution in [-0.4, -0.2) is 69.6 Å². The van der Waals surface area contributed by atoms with Gasteiger partial charge in [0.2, 0.25) is 5.79 Å². The molecule has 0 bridgehead atoms. The van der Waals surface area contributed by atoms with Crippen molar-refractivity contribution >= 4 is 34.6 Å². The Morgan fingerprint density at radius 3 is 2.35 bits per heavy atom. The Morgan fingerprint density at radius 2 is 1.67 bits per heavy atom. The number of piperazine rings is 1. The standard InChI is InChI=1S/C38H43Cl2N7O4/c1-4-27(3)47-37(48)46(26-42-47)31-10-8-30(9-11-31)43-17-19-44(20-18-43)32-12-14-36(28(5-2)21-32)49-23-33-24-50-38(51-33,25-45-16-6-15-41-45)34-13-7-29(39)22-35(34)40/h6-16,21-22,26-27,33H,4-5,17-20,23-25H2,1-3H3. The van der Waals surface area contributed by atoms with E-state index in [0.717, 1.165) is 61.7 Å². The number of hydrogen-bond donors (Lipinski definition) is 0. The number of aryl methyl sites for hydroxylation is 1. The molecule has 0 spiro atoms. The van der Waals surface area contributed by atoms with Crippen molar-refractivity contribution in [2.45, 2.75) is 58.1 Å². The Morgan fingerprint density at radius 1 is 0.941 bits per heavy atom. The third kappa shape index (κ3) is 7.39. The molecule has 51 heavy (non-hydrogen) atoms. The van der Waals surface area contributed by atoms with E-state index >= 15 is 0 Å². The summed E-state index contributed by atoms with van der Waals surface area (Å²) in [7, 11) is 0. The Hall–Kier alpha value is -4.29. The van der Waals surface area contributed by atoms with E-state index in [1.54, 1.807) is 38.6 Å². The van der Waals surface area contributed by atoms with Crippen molar-refractivity contribution in [2.75, 3.05) is 49.2 Å². The quantitative estimate of drug-likeness (QED) is 0.139. The summed E-state index contributed by atoms with van der Waals surface area (Å²) in [6.07, 6.45) is 6.56. The Labute approximate surface area is 307 Å². The van der Waals surface area contributed by atoms with Crippen LogP contribution >= 0.6 is 23.2 Å². The van der Waals surface area contributed by atoms with E-state index in [2.05, 4.69) is 64.2 Å². The van der Waals surface area contributed by atoms with Gasteiger partial charge in [-0.05, 0) is 86.0 Å². The Balaban J connectivity index is 0.965. The molecule has 4 heterocycles. The van der Waals surface area contributed by atoms with Crippen LogP contribution in [0.2, 0.25) is 10.0 Å². The van der Waals surface area contributed by atoms with Crippen LogP contribution in [0.3, 0.4) is 0 Å². The second-order valence-electron chi connectivity index (χ2n) is 13.1. The molecule has 2 aromatic heterocycles. The van der Waals surface area contributed by atoms with Crippen LogP contribution in [0.25, 0.3) is 5.69 Å². The molecule has 0 radical (unpaired) electrons. The van der Waals surface area contributed by atoms with Gasteiger partial charge in [0.1, 0.15) is 24.8 Å². The first-order valence-electron chi connectivity index (χ1n) is 17.5. The molecule has 3 aromatic carbocycles. The predicted molar refractivity (Wildman–Crippen MR) is 200 cm³/mol. The number of rotatable bonds is 12. The molecule has 0 aliphatic carbocycles. The van der Waals surface area contributed by atoms with E-state index < -0.39 is 5.79 Å². The van der Waals surface area contributed by atoms with Crippen molar-refractivity contribution in [1.82, 2.24) is 24.1 Å². The predicted octanol–water partition coefficient (Wildman–Crippen LogP) is 6.74. The topological polar surface area (TPSA) is 91.8 Å². The summed E-state index contributed by atoms with van der Waals surface area (Å²) in [6, 6.07) is 21.8. The highest BCUT2D eigenvalue weighted by Gasteiger charge is 2.45. The van der Waals surface area contributed by atoms with Crippen LogP contribution < -0.4 is 20.2 Å². The van der Waals surface area contributed by atoms with E-state index in [1.807, 2.05) is 37.4 Å². The monoisotopic (exact) mass is 731 g/mol. The number of anilines is 2. The molecular weight excluding hydrogens is 689 g/mol. The van der Waals surface area contributed by atoms with Gasteiger partial charge in [-0.3, -0.25) is 4.68 Å². The number of ether oxygens (including phenoxy) is 3. The SMILES string of the molecule is CCc1cc(N2CCN(c3ccc(-n4cnn(C(C)CC)c4=O)cc3)CC2)ccc1OCC1COC(Cn2cccn2)(c2ccc(Cl)cc2Cl)O1. The van der Waals surface area contributed by atoms with Crippen molar-refractivity contribution in [3.8, 4) is 11.4 Å². The first kappa shape index (κ1) is 35.1. The molecule has 3 unspecified atom stereocenters. The van der Waals surface area contributed by atoms with Gasteiger partial charge in [0.15, 0.2) is 0 Å². The average Bonchev–Trinajstić information content (AvgIpc) is 3.91. The van der Waals surface area contributed by atoms with Crippen molar-refractivity contribution in [2.24, 2.45) is 0 Å². The third-order valence-corrected chi connectivity index (χ3v) is 10.4. The molecule has 7 rings (SSSR count). The fraction of sp³-hybridized carbons (Fsp3) is 0.395. The fourth-order valence-electron chi connectivity index (χ4n) is 6.74. The Bertz CT molecular complexity index is 1990. The maximum atomic E-state index is 12.8. The summed E-state index contributed by atoms with van der Waals surface area (Å²) in [5, 5.41) is 9.69. The van der Waals surface area contributed by atoms with Crippen LogP contribution in [-0.2, 0) is 28.2 Å². The van der Waals surface area contributed by atoms with Crippen LogP contribution in [0.1, 0.15) is 44.4 Å². The number of aromatic nitrogens is 5. The zero-order valence-corrected chi connectivity index (χ0v) is 30.6. The summed E-state index contributed by atoms with van der Waals surface area (Å²) in [5.41, 5.74) is 4.87. The van der Waals surface area contributed by atoms with Gasteiger partial charge in [0.25, 0.3) is 0 Å². The van der Waals surface area contributed by atoms with Crippen LogP contribution in [0, 0.1) is 0 Å². The second-order valence-corrected chi connectivity index (χ2v) is 13.9. The van der Waals surface area contributed by atoms with Crippen molar-refractivity contribution in [3.05, 3.63) is 117 Å². The molecule has 2 saturated heterocycles. The minimum atomic E-state index is -1.12. The summed E-state index contributed by atoms with van der Waals surface area (Å²) in [4.78, 5) is 17.7. The van der Waals surface area contributed by atoms with Gasteiger partial charge in [-0.25, -0.2) is 14.0 Å². The molecule has 0 N–H and O–H groups in total. The molecule has 3 atom stereocenters. The average molecular weight is 733 g/mol. The smallest absolute Gasteiger partial charge is 0.350 e. The largest absolute Gasteiger partial charge is 0.491 e. The van der Waals surface area contributed by atoms with Crippen molar-refractivity contribution < 1.29 is 14.2 Å². The molecule has 0 amide bonds. The molecule has 2 aliphatic heterocycles. The maximum absolute atomic E-state index is 12.8. The first-order valence-corrected chi connectivity index (χ1v) is 18.3. The van der Waals surface area contributed by atoms with E-state index in [0.29, 0.717) is 35.4 Å². The molecule has 13 heteroatoms. The lowest BCUT2D eigenvalue weighted by atomic mass is 10.1. The molecule has 11 nitrogen and oxygen atoms in total. The fourth-order valence-corrected chi connectivity index (χ4v) is 7.29. The van der Waals surface area contributed by atoms with E-state index in [4.69, 9.17) is 37.4 Å². The second kappa shape index (κ2) is 15.1. The minimum absolute atomic E-state index is 0.0646. The zero-order chi connectivity index (χ0) is 35.5. The number of hydrogen-bond acceptors (Lipinski definition) is 8. The van der Waals surface area contributed by atoms with E-state index in [9.17, 15) is 4.79 Å². The van der Waals surface area contributed by atoms with Gasteiger partial charge in [-0.2, -0.15) is 10.2 Å². The van der Waals surface area contributed by atoms with Gasteiger partial charge in [0.05, 0.1) is 29.9 Å². The molecule has 0 saturated carbocycles. The zero-order valence-electron chi connectivity index (χ0n) is 29.1. The van der Waals surface area contributed by atoms with Crippen LogP contribution in [0.15, 0.2) is 90.2 Å². The summed E-state index contributed by atoms with van der Waals surface area (Å²) in [6.45, 7) is 10.8. The highest BCUT2D eigenvalue weighted by Crippen LogP contribution is 2.41. The Kier molecular flexibility index (Phi) is 10.4. The molecule has 2 fully saturated rings. The number of benzene rings is 3. The first-order chi connectivity index (χ1) is 24.8. The maximum Gasteiger partial charge on any atom is 0.350 e. The number of halogens is 2. The highest BCUT2D eigenvalue weighted by atomic mass is 35.5. The van der Waals surface area contributed by atoms with Gasteiger partial charge in [-0.15, -0.1) is 0 Å². The normalized spacial score (nSPS) is 19.8. The molecule has 2 aliphatic rings. The summed E-state index contributed by atoms with van der Waals surface area (Å²) in [5.74, 6) is -0.286. The van der Waals surface area contributed by atoms with Gasteiger partial charge in [-0.1, -0.05) is 43.1 Å². The highest BCUT2D eigenvalue weighted by molar-refractivity contribution is 6.35. The molecule has 5 aromatic rings. The van der Waals surface area contributed by atoms with Crippen LogP contribution in [0.4, 0.5) is 11.4 Å². The van der Waals surface area contributed by atoms with Crippen molar-refractivity contribution in [1.29, 1.82) is 0 Å². The van der Waals surface area contributed by atoms with Crippen LogP contribution in [0.5, 0.6) is 5.75 Å². The molecule has 268 valence electrons. The summed E-state index contributed by atoms with van der Waals surface area (Å²) >= 11 is 12.8. The van der Waals surface area contributed by atoms with E-state index in [-0.39, 0.29) is 17.8 Å². The van der Waals surface area contributed by atoms with E-state index in [1.165, 1.54) is 5.69 Å². The van der Waals surface area contributed by atoms with Gasteiger partial charge < -0.3 is 24.0 Å². The molecular formula is C38H43Cl2N7O4. The summed E-state index contributed by atoms with van der Waals surface area (Å²) < 4.78 is 24.2. The lowest BCUT2D eigenvalue weighted by Crippen LogP contribution is -2.46. The number of nitrogens with zero attached hydrogens (tertiary/aromatic N) is 7.